The molecule has 0 aliphatic carbocycles. The number of ketones is 1. The third-order valence-electron chi connectivity index (χ3n) is 4.01. The molecule has 0 saturated heterocycles. The predicted molar refractivity (Wildman–Crippen MR) is 95.5 cm³/mol. The molecule has 1 unspecified atom stereocenters. The Morgan fingerprint density at radius 3 is 2.80 bits per heavy atom. The van der Waals surface area contributed by atoms with Gasteiger partial charge >= 0.3 is 0 Å². The first kappa shape index (κ1) is 17.5. The molecule has 3 rings (SSSR count). The van der Waals surface area contributed by atoms with Gasteiger partial charge in [-0.2, -0.15) is 0 Å². The van der Waals surface area contributed by atoms with Crippen LogP contribution in [0, 0.1) is 0 Å². The van der Waals surface area contributed by atoms with Crippen LogP contribution in [0.1, 0.15) is 42.9 Å². The number of likely N-dealkylation sites (N-methyl/N-ethyl adjacent to an activating group) is 1. The summed E-state index contributed by atoms with van der Waals surface area (Å²) in [6, 6.07) is 5.15. The van der Waals surface area contributed by atoms with E-state index in [4.69, 9.17) is 4.74 Å². The summed E-state index contributed by atoms with van der Waals surface area (Å²) in [6.45, 7) is 5.89. The van der Waals surface area contributed by atoms with Crippen molar-refractivity contribution in [2.75, 3.05) is 18.6 Å². The van der Waals surface area contributed by atoms with Crippen LogP contribution in [0.25, 0.3) is 0 Å². The Hall–Kier alpha value is -2.35. The summed E-state index contributed by atoms with van der Waals surface area (Å²) < 4.78 is 5.39. The van der Waals surface area contributed by atoms with Crippen LogP contribution >= 0.6 is 11.8 Å². The molecule has 1 aliphatic heterocycles. The molecule has 0 spiro atoms. The maximum Gasteiger partial charge on any atom is 0.264 e. The Kier molecular flexibility index (Phi) is 4.80. The van der Waals surface area contributed by atoms with E-state index in [0.717, 1.165) is 5.82 Å². The topological polar surface area (TPSA) is 88.2 Å². The molecule has 2 heterocycles. The average molecular weight is 360 g/mol. The number of thioether (sulfide) groups is 1. The fraction of sp³-hybridized carbons (Fsp3) is 0.412. The van der Waals surface area contributed by atoms with Crippen molar-refractivity contribution in [1.82, 2.24) is 15.2 Å². The zero-order valence-electron chi connectivity index (χ0n) is 14.6. The van der Waals surface area contributed by atoms with Gasteiger partial charge in [0.15, 0.2) is 12.4 Å². The number of hydrogen-bond donors (Lipinski definition) is 1. The largest absolute Gasteiger partial charge is 0.482 e. The Morgan fingerprint density at radius 1 is 1.36 bits per heavy atom. The van der Waals surface area contributed by atoms with Gasteiger partial charge in [0.1, 0.15) is 11.6 Å². The number of nitrogens with one attached hydrogen (secondary N) is 1. The van der Waals surface area contributed by atoms with Crippen molar-refractivity contribution in [2.24, 2.45) is 0 Å². The number of ether oxygens (including phenoxy) is 1. The van der Waals surface area contributed by atoms with Crippen LogP contribution < -0.4 is 9.64 Å². The molecule has 0 saturated carbocycles. The molecule has 1 aliphatic rings. The maximum absolute atomic E-state index is 12.7. The lowest BCUT2D eigenvalue weighted by molar-refractivity contribution is -0.120. The lowest BCUT2D eigenvalue weighted by Gasteiger charge is -2.26. The van der Waals surface area contributed by atoms with E-state index in [-0.39, 0.29) is 29.5 Å². The molecule has 1 atom stereocenters. The van der Waals surface area contributed by atoms with Gasteiger partial charge in [0, 0.05) is 18.5 Å². The van der Waals surface area contributed by atoms with Gasteiger partial charge in [-0.3, -0.25) is 14.7 Å². The lowest BCUT2D eigenvalue weighted by Crippen LogP contribution is -2.35. The Bertz CT molecular complexity index is 818. The number of aromatic nitrogens is 3. The Morgan fingerprint density at radius 2 is 2.12 bits per heavy atom. The summed E-state index contributed by atoms with van der Waals surface area (Å²) in [5.74, 6) is 1.47. The van der Waals surface area contributed by atoms with E-state index in [1.54, 1.807) is 25.2 Å². The third kappa shape index (κ3) is 3.53. The van der Waals surface area contributed by atoms with Crippen LogP contribution in [-0.4, -0.2) is 45.8 Å². The van der Waals surface area contributed by atoms with Crippen LogP contribution in [-0.2, 0) is 4.79 Å². The zero-order valence-corrected chi connectivity index (χ0v) is 15.4. The SMILES string of the molecule is CC(Sc1n[nH]c(C(C)C)n1)C(=O)c1ccc2c(c1)N(C)C(=O)CO2. The van der Waals surface area contributed by atoms with E-state index >= 15 is 0 Å². The standard InChI is InChI=1S/C17H20N4O3S/c1-9(2)16-18-17(20-19-16)25-10(3)15(23)11-5-6-13-12(7-11)21(4)14(22)8-24-13/h5-7,9-10H,8H2,1-4H3,(H,18,19,20). The molecule has 1 amide bonds. The highest BCUT2D eigenvalue weighted by Gasteiger charge is 2.25. The lowest BCUT2D eigenvalue weighted by atomic mass is 10.1. The number of anilines is 1. The molecule has 8 heteroatoms. The summed E-state index contributed by atoms with van der Waals surface area (Å²) in [5, 5.41) is 7.24. The van der Waals surface area contributed by atoms with Crippen molar-refractivity contribution < 1.29 is 14.3 Å². The monoisotopic (exact) mass is 360 g/mol. The summed E-state index contributed by atoms with van der Waals surface area (Å²) in [4.78, 5) is 30.4. The molecule has 1 N–H and O–H groups in total. The summed E-state index contributed by atoms with van der Waals surface area (Å²) in [6.07, 6.45) is 0. The van der Waals surface area contributed by atoms with Crippen LogP contribution in [0.2, 0.25) is 0 Å². The van der Waals surface area contributed by atoms with Crippen molar-refractivity contribution in [3.05, 3.63) is 29.6 Å². The number of Topliss-reactive ketones (excluding diaryl/α,β-unsaturated/α-hetero) is 1. The van der Waals surface area contributed by atoms with Crippen molar-refractivity contribution in [3.8, 4) is 5.75 Å². The Labute approximate surface area is 150 Å². The minimum absolute atomic E-state index is 0.0199. The summed E-state index contributed by atoms with van der Waals surface area (Å²) in [5.41, 5.74) is 1.14. The molecule has 0 radical (unpaired) electrons. The first-order valence-corrected chi connectivity index (χ1v) is 8.91. The number of aromatic amines is 1. The van der Waals surface area contributed by atoms with Gasteiger partial charge in [-0.15, -0.1) is 5.10 Å². The molecule has 0 fully saturated rings. The van der Waals surface area contributed by atoms with Gasteiger partial charge in [0.2, 0.25) is 5.16 Å². The van der Waals surface area contributed by atoms with E-state index in [9.17, 15) is 9.59 Å². The molecular weight excluding hydrogens is 340 g/mol. The number of benzene rings is 1. The van der Waals surface area contributed by atoms with Crippen molar-refractivity contribution >= 4 is 29.1 Å². The first-order valence-electron chi connectivity index (χ1n) is 8.03. The minimum Gasteiger partial charge on any atom is -0.482 e. The number of H-pyrrole nitrogens is 1. The van der Waals surface area contributed by atoms with Crippen molar-refractivity contribution in [3.63, 3.8) is 0 Å². The number of carbonyl (C=O) groups excluding carboxylic acids is 2. The molecule has 7 nitrogen and oxygen atoms in total. The number of carbonyl (C=O) groups is 2. The van der Waals surface area contributed by atoms with Gasteiger partial charge in [-0.25, -0.2) is 4.98 Å². The molecular formula is C17H20N4O3S. The van der Waals surface area contributed by atoms with E-state index in [2.05, 4.69) is 15.2 Å². The highest BCUT2D eigenvalue weighted by molar-refractivity contribution is 8.00. The third-order valence-corrected chi connectivity index (χ3v) is 4.97. The van der Waals surface area contributed by atoms with E-state index in [0.29, 0.717) is 22.2 Å². The van der Waals surface area contributed by atoms with Crippen molar-refractivity contribution in [1.29, 1.82) is 0 Å². The minimum atomic E-state index is -0.348. The number of hydrogen-bond acceptors (Lipinski definition) is 6. The quantitative estimate of drug-likeness (QED) is 0.651. The van der Waals surface area contributed by atoms with E-state index in [1.807, 2.05) is 20.8 Å². The molecule has 0 bridgehead atoms. The van der Waals surface area contributed by atoms with Crippen LogP contribution in [0.5, 0.6) is 5.75 Å². The van der Waals surface area contributed by atoms with Crippen LogP contribution in [0.15, 0.2) is 23.4 Å². The van der Waals surface area contributed by atoms with E-state index in [1.165, 1.54) is 16.7 Å². The fourth-order valence-corrected chi connectivity index (χ4v) is 3.25. The predicted octanol–water partition coefficient (Wildman–Crippen LogP) is 2.65. The number of nitrogens with zero attached hydrogens (tertiary/aromatic N) is 3. The second-order valence-electron chi connectivity index (χ2n) is 6.21. The highest BCUT2D eigenvalue weighted by Crippen LogP contribution is 2.33. The average Bonchev–Trinajstić information content (AvgIpc) is 3.06. The molecule has 1 aromatic carbocycles. The molecule has 25 heavy (non-hydrogen) atoms. The normalized spacial score (nSPS) is 15.1. The van der Waals surface area contributed by atoms with Gasteiger partial charge in [0.05, 0.1) is 10.9 Å². The van der Waals surface area contributed by atoms with Gasteiger partial charge < -0.3 is 9.64 Å². The smallest absolute Gasteiger partial charge is 0.264 e. The number of rotatable bonds is 5. The zero-order chi connectivity index (χ0) is 18.1. The summed E-state index contributed by atoms with van der Waals surface area (Å²) in [7, 11) is 1.68. The van der Waals surface area contributed by atoms with Crippen LogP contribution in [0.4, 0.5) is 5.69 Å². The maximum atomic E-state index is 12.7. The Balaban J connectivity index is 1.77. The highest BCUT2D eigenvalue weighted by atomic mass is 32.2. The second kappa shape index (κ2) is 6.87. The van der Waals surface area contributed by atoms with Gasteiger partial charge in [-0.05, 0) is 25.1 Å². The number of fused-ring (bicyclic) bond motifs is 1. The molecule has 1 aromatic heterocycles. The molecule has 2 aromatic rings. The van der Waals surface area contributed by atoms with Gasteiger partial charge in [-0.1, -0.05) is 25.6 Å². The molecule has 132 valence electrons. The summed E-state index contributed by atoms with van der Waals surface area (Å²) >= 11 is 1.31. The second-order valence-corrected chi connectivity index (χ2v) is 7.51. The van der Waals surface area contributed by atoms with Crippen LogP contribution in [0.3, 0.4) is 0 Å². The first-order chi connectivity index (χ1) is 11.9. The van der Waals surface area contributed by atoms with E-state index < -0.39 is 0 Å². The van der Waals surface area contributed by atoms with Crippen molar-refractivity contribution in [2.45, 2.75) is 37.1 Å². The fourth-order valence-electron chi connectivity index (χ4n) is 2.44. The number of amides is 1. The van der Waals surface area contributed by atoms with Gasteiger partial charge in [0.25, 0.3) is 5.91 Å².